The van der Waals surface area contributed by atoms with Gasteiger partial charge < -0.3 is 9.32 Å². The van der Waals surface area contributed by atoms with E-state index in [9.17, 15) is 0 Å². The number of fused-ring (bicyclic) bond motifs is 8. The van der Waals surface area contributed by atoms with Crippen LogP contribution in [0.2, 0.25) is 0 Å². The molecule has 0 spiro atoms. The third-order valence-electron chi connectivity index (χ3n) is 13.3. The highest BCUT2D eigenvalue weighted by Gasteiger charge is 2.36. The fourth-order valence-electron chi connectivity index (χ4n) is 10.2. The summed E-state index contributed by atoms with van der Waals surface area (Å²) >= 11 is 0. The molecule has 0 aliphatic heterocycles. The van der Waals surface area contributed by atoms with Crippen LogP contribution >= 0.6 is 0 Å². The maximum atomic E-state index is 6.95. The van der Waals surface area contributed by atoms with Crippen LogP contribution < -0.4 is 4.90 Å². The number of rotatable bonds is 7. The molecule has 0 saturated heterocycles. The van der Waals surface area contributed by atoms with Crippen molar-refractivity contribution in [2.45, 2.75) is 19.3 Å². The van der Waals surface area contributed by atoms with E-state index in [2.05, 4.69) is 243 Å². The van der Waals surface area contributed by atoms with Gasteiger partial charge in [-0.15, -0.1) is 0 Å². The summed E-state index contributed by atoms with van der Waals surface area (Å²) < 4.78 is 6.95. The Morgan fingerprint density at radius 1 is 0.349 bits per heavy atom. The standard InChI is InChI=1S/C61H43NO/c1-61(2)55-28-15-14-26-50(55)51-34-33-47(38-56(51)61)62(45-31-29-41(30-32-45)40-17-6-3-7-18-40)46-24-16-23-44(37-46)58-48(42-19-8-4-9-20-42)35-36-57-59(58)54-39-53(43-21-10-5-11-22-43)49-25-12-13-27-52(49)60(54)63-57/h3-39H,1-2H3. The first kappa shape index (κ1) is 36.9. The minimum absolute atomic E-state index is 0.141. The molecule has 10 aromatic carbocycles. The molecule has 0 amide bonds. The molecule has 0 fully saturated rings. The molecule has 2 heteroatoms. The Morgan fingerprint density at radius 3 is 1.65 bits per heavy atom. The molecule has 0 bridgehead atoms. The predicted octanol–water partition coefficient (Wildman–Crippen LogP) is 17.2. The van der Waals surface area contributed by atoms with Crippen LogP contribution in [0.3, 0.4) is 0 Å². The van der Waals surface area contributed by atoms with Crippen LogP contribution in [0.5, 0.6) is 0 Å². The van der Waals surface area contributed by atoms with Crippen molar-refractivity contribution in [3.8, 4) is 55.6 Å². The van der Waals surface area contributed by atoms with E-state index < -0.39 is 0 Å². The number of nitrogens with zero attached hydrogens (tertiary/aromatic N) is 1. The highest BCUT2D eigenvalue weighted by molar-refractivity contribution is 6.23. The first-order valence-electron chi connectivity index (χ1n) is 21.8. The predicted molar refractivity (Wildman–Crippen MR) is 265 cm³/mol. The molecule has 1 aromatic heterocycles. The van der Waals surface area contributed by atoms with Gasteiger partial charge in [-0.2, -0.15) is 0 Å². The summed E-state index contributed by atoms with van der Waals surface area (Å²) in [5.74, 6) is 0. The second kappa shape index (κ2) is 14.6. The van der Waals surface area contributed by atoms with E-state index in [1.807, 2.05) is 0 Å². The smallest absolute Gasteiger partial charge is 0.143 e. The van der Waals surface area contributed by atoms with Crippen molar-refractivity contribution in [3.63, 3.8) is 0 Å². The lowest BCUT2D eigenvalue weighted by Crippen LogP contribution is -2.16. The molecule has 2 nitrogen and oxygen atoms in total. The topological polar surface area (TPSA) is 16.4 Å². The number of benzene rings is 10. The van der Waals surface area contributed by atoms with Crippen LogP contribution in [0, 0.1) is 0 Å². The summed E-state index contributed by atoms with van der Waals surface area (Å²) in [5.41, 5.74) is 19.6. The van der Waals surface area contributed by atoms with Gasteiger partial charge in [0.15, 0.2) is 0 Å². The van der Waals surface area contributed by atoms with E-state index in [1.54, 1.807) is 0 Å². The molecule has 1 heterocycles. The highest BCUT2D eigenvalue weighted by Crippen LogP contribution is 2.52. The van der Waals surface area contributed by atoms with Crippen LogP contribution in [0.25, 0.3) is 88.3 Å². The molecular weight excluding hydrogens is 763 g/mol. The van der Waals surface area contributed by atoms with E-state index in [-0.39, 0.29) is 5.41 Å². The minimum atomic E-state index is -0.141. The van der Waals surface area contributed by atoms with Gasteiger partial charge in [0, 0.05) is 44.2 Å². The molecule has 12 rings (SSSR count). The summed E-state index contributed by atoms with van der Waals surface area (Å²) in [6.07, 6.45) is 0. The second-order valence-electron chi connectivity index (χ2n) is 17.2. The quantitative estimate of drug-likeness (QED) is 0.160. The van der Waals surface area contributed by atoms with Crippen molar-refractivity contribution < 1.29 is 4.42 Å². The van der Waals surface area contributed by atoms with Gasteiger partial charge in [-0.3, -0.25) is 0 Å². The Kier molecular flexibility index (Phi) is 8.55. The van der Waals surface area contributed by atoms with Crippen LogP contribution in [-0.2, 0) is 5.41 Å². The van der Waals surface area contributed by atoms with E-state index in [0.29, 0.717) is 0 Å². The Balaban J connectivity index is 1.10. The van der Waals surface area contributed by atoms with Gasteiger partial charge in [-0.25, -0.2) is 0 Å². The van der Waals surface area contributed by atoms with E-state index >= 15 is 0 Å². The lowest BCUT2D eigenvalue weighted by molar-refractivity contribution is 0.660. The van der Waals surface area contributed by atoms with Gasteiger partial charge in [-0.1, -0.05) is 190 Å². The Bertz CT molecular complexity index is 3510. The monoisotopic (exact) mass is 805 g/mol. The third kappa shape index (κ3) is 6.02. The van der Waals surface area contributed by atoms with Gasteiger partial charge in [0.05, 0.1) is 0 Å². The fraction of sp³-hybridized carbons (Fsp3) is 0.0492. The molecule has 0 saturated carbocycles. The maximum absolute atomic E-state index is 6.95. The molecule has 0 unspecified atom stereocenters. The summed E-state index contributed by atoms with van der Waals surface area (Å²) in [7, 11) is 0. The van der Waals surface area contributed by atoms with Crippen molar-refractivity contribution in [3.05, 3.63) is 236 Å². The summed E-state index contributed by atoms with van der Waals surface area (Å²) in [6.45, 7) is 4.71. The highest BCUT2D eigenvalue weighted by atomic mass is 16.3. The van der Waals surface area contributed by atoms with E-state index in [0.717, 1.165) is 66.6 Å². The molecule has 63 heavy (non-hydrogen) atoms. The first-order valence-corrected chi connectivity index (χ1v) is 21.8. The van der Waals surface area contributed by atoms with Crippen molar-refractivity contribution in [2.24, 2.45) is 0 Å². The number of hydrogen-bond donors (Lipinski definition) is 0. The summed E-state index contributed by atoms with van der Waals surface area (Å²) in [4.78, 5) is 2.43. The Morgan fingerprint density at radius 2 is 0.905 bits per heavy atom. The zero-order valence-corrected chi connectivity index (χ0v) is 35.2. The molecule has 1 aliphatic rings. The molecule has 11 aromatic rings. The van der Waals surface area contributed by atoms with Crippen molar-refractivity contribution in [1.82, 2.24) is 0 Å². The fourth-order valence-corrected chi connectivity index (χ4v) is 10.2. The summed E-state index contributed by atoms with van der Waals surface area (Å²) in [6, 6.07) is 81.5. The lowest BCUT2D eigenvalue weighted by Gasteiger charge is -2.29. The minimum Gasteiger partial charge on any atom is -0.455 e. The van der Waals surface area contributed by atoms with Crippen LogP contribution in [0.1, 0.15) is 25.0 Å². The van der Waals surface area contributed by atoms with Gasteiger partial charge in [0.2, 0.25) is 0 Å². The van der Waals surface area contributed by atoms with Crippen LogP contribution in [0.4, 0.5) is 17.1 Å². The zero-order valence-electron chi connectivity index (χ0n) is 35.2. The molecule has 0 atom stereocenters. The van der Waals surface area contributed by atoms with Gasteiger partial charge in [0.1, 0.15) is 11.2 Å². The molecule has 298 valence electrons. The molecule has 0 N–H and O–H groups in total. The molecule has 0 radical (unpaired) electrons. The second-order valence-corrected chi connectivity index (χ2v) is 17.2. The van der Waals surface area contributed by atoms with E-state index in [1.165, 1.54) is 49.9 Å². The number of hydrogen-bond acceptors (Lipinski definition) is 2. The molecular formula is C61H43NO. The van der Waals surface area contributed by atoms with E-state index in [4.69, 9.17) is 4.42 Å². The average Bonchev–Trinajstić information content (AvgIpc) is 3.84. The Labute approximate surface area is 368 Å². The maximum Gasteiger partial charge on any atom is 0.143 e. The lowest BCUT2D eigenvalue weighted by atomic mass is 9.82. The largest absolute Gasteiger partial charge is 0.455 e. The molecule has 1 aliphatic carbocycles. The SMILES string of the molecule is CC1(C)c2ccccc2-c2ccc(N(c3ccc(-c4ccccc4)cc3)c3cccc(-c4c(-c5ccccc5)ccc5oc6c7ccccc7c(-c7ccccc7)cc6c45)c3)cc21. The first-order chi connectivity index (χ1) is 31.0. The normalized spacial score (nSPS) is 12.7. The Hall–Kier alpha value is -7.94. The van der Waals surface area contributed by atoms with Gasteiger partial charge in [-0.05, 0) is 115 Å². The van der Waals surface area contributed by atoms with Gasteiger partial charge >= 0.3 is 0 Å². The third-order valence-corrected chi connectivity index (χ3v) is 13.3. The van der Waals surface area contributed by atoms with Crippen LogP contribution in [0.15, 0.2) is 229 Å². The van der Waals surface area contributed by atoms with Crippen LogP contribution in [-0.4, -0.2) is 0 Å². The van der Waals surface area contributed by atoms with Crippen molar-refractivity contribution >= 4 is 49.8 Å². The van der Waals surface area contributed by atoms with Crippen molar-refractivity contribution in [1.29, 1.82) is 0 Å². The average molecular weight is 806 g/mol. The number of furan rings is 1. The van der Waals surface area contributed by atoms with Crippen molar-refractivity contribution in [2.75, 3.05) is 4.90 Å². The summed E-state index contributed by atoms with van der Waals surface area (Å²) in [5, 5.41) is 4.51. The zero-order chi connectivity index (χ0) is 42.1. The van der Waals surface area contributed by atoms with Gasteiger partial charge in [0.25, 0.3) is 0 Å². The number of anilines is 3.